The number of aryl methyl sites for hydroxylation is 1. The molecule has 1 aliphatic heterocycles. The molecule has 3 rings (SSSR count). The summed E-state index contributed by atoms with van der Waals surface area (Å²) in [5, 5.41) is 17.3. The summed E-state index contributed by atoms with van der Waals surface area (Å²) in [6, 6.07) is 20.1. The summed E-state index contributed by atoms with van der Waals surface area (Å²) in [4.78, 5) is 4.76. The monoisotopic (exact) mass is 449 g/mol. The molecule has 0 amide bonds. The van der Waals surface area contributed by atoms with E-state index in [1.807, 2.05) is 48.5 Å². The molecular weight excluding hydrogens is 410 g/mol. The molecule has 0 radical (unpaired) electrons. The quantitative estimate of drug-likeness (QED) is 0.353. The van der Waals surface area contributed by atoms with E-state index in [0.29, 0.717) is 6.42 Å². The molecular formula is C27H39N5O. The van der Waals surface area contributed by atoms with Gasteiger partial charge in [-0.15, -0.1) is 0 Å². The second kappa shape index (κ2) is 12.1. The highest BCUT2D eigenvalue weighted by Gasteiger charge is 2.34. The Hall–Kier alpha value is -2.54. The molecule has 0 bridgehead atoms. The molecule has 4 N–H and O–H groups in total. The average Bonchev–Trinajstić information content (AvgIpc) is 3.27. The van der Waals surface area contributed by atoms with Crippen LogP contribution in [0.15, 0.2) is 60.7 Å². The maximum absolute atomic E-state index is 8.79. The van der Waals surface area contributed by atoms with Crippen LogP contribution in [0.4, 0.5) is 0 Å². The maximum atomic E-state index is 8.79. The van der Waals surface area contributed by atoms with Gasteiger partial charge in [-0.1, -0.05) is 74.0 Å². The van der Waals surface area contributed by atoms with Crippen molar-refractivity contribution < 1.29 is 4.74 Å². The number of nitrogens with zero attached hydrogens (tertiary/aromatic N) is 2. The van der Waals surface area contributed by atoms with Gasteiger partial charge >= 0.3 is 0 Å². The molecule has 0 saturated carbocycles. The van der Waals surface area contributed by atoms with Crippen LogP contribution in [-0.4, -0.2) is 59.5 Å². The summed E-state index contributed by atoms with van der Waals surface area (Å²) in [6.07, 6.45) is 4.49. The molecule has 33 heavy (non-hydrogen) atoms. The predicted molar refractivity (Wildman–Crippen MR) is 136 cm³/mol. The van der Waals surface area contributed by atoms with Gasteiger partial charge in [0, 0.05) is 13.1 Å². The van der Waals surface area contributed by atoms with Gasteiger partial charge in [0.15, 0.2) is 0 Å². The van der Waals surface area contributed by atoms with Crippen molar-refractivity contribution in [2.75, 3.05) is 26.3 Å². The van der Waals surface area contributed by atoms with Crippen LogP contribution in [0.3, 0.4) is 0 Å². The lowest BCUT2D eigenvalue weighted by atomic mass is 9.93. The molecule has 0 aliphatic carbocycles. The fourth-order valence-corrected chi connectivity index (χ4v) is 4.31. The van der Waals surface area contributed by atoms with Gasteiger partial charge in [0.05, 0.1) is 18.2 Å². The Balaban J connectivity index is 1.66. The van der Waals surface area contributed by atoms with Gasteiger partial charge in [-0.05, 0) is 50.3 Å². The third kappa shape index (κ3) is 7.49. The van der Waals surface area contributed by atoms with Gasteiger partial charge in [0.2, 0.25) is 11.8 Å². The number of hydrogen-bond acceptors (Lipinski definition) is 6. The van der Waals surface area contributed by atoms with E-state index in [2.05, 4.69) is 28.9 Å². The second-order valence-electron chi connectivity index (χ2n) is 9.34. The molecule has 2 aromatic carbocycles. The van der Waals surface area contributed by atoms with Crippen LogP contribution < -0.4 is 5.73 Å². The zero-order valence-corrected chi connectivity index (χ0v) is 20.1. The molecule has 1 saturated heterocycles. The smallest absolute Gasteiger partial charge is 0.209 e. The molecule has 0 spiro atoms. The first kappa shape index (κ1) is 25.1. The minimum Gasteiger partial charge on any atom is -0.426 e. The summed E-state index contributed by atoms with van der Waals surface area (Å²) in [5.74, 6) is 0.0705. The topological polar surface area (TPSA) is 89.4 Å². The van der Waals surface area contributed by atoms with Crippen molar-refractivity contribution in [2.24, 2.45) is 5.73 Å². The van der Waals surface area contributed by atoms with E-state index in [0.717, 1.165) is 44.7 Å². The minimum absolute atomic E-state index is 0.0527. The Morgan fingerprint density at radius 3 is 2.30 bits per heavy atom. The largest absolute Gasteiger partial charge is 0.426 e. The second-order valence-corrected chi connectivity index (χ2v) is 9.34. The Labute approximate surface area is 198 Å². The van der Waals surface area contributed by atoms with Gasteiger partial charge in [-0.25, -0.2) is 0 Å². The minimum atomic E-state index is -0.976. The van der Waals surface area contributed by atoms with Crippen LogP contribution >= 0.6 is 0 Å². The van der Waals surface area contributed by atoms with Crippen molar-refractivity contribution in [2.45, 2.75) is 57.5 Å². The average molecular weight is 450 g/mol. The summed E-state index contributed by atoms with van der Waals surface area (Å²) < 4.78 is 5.85. The van der Waals surface area contributed by atoms with Crippen molar-refractivity contribution in [3.05, 3.63) is 71.8 Å². The van der Waals surface area contributed by atoms with Gasteiger partial charge in [-0.2, -0.15) is 0 Å². The van der Waals surface area contributed by atoms with Crippen molar-refractivity contribution in [3.8, 4) is 0 Å². The first-order chi connectivity index (χ1) is 15.9. The standard InChI is InChI=1S/C27H39N5O/c1-3-4-17-31-18-19-32(21-31)24(16-15-22-11-7-5-8-12-22)25(28)33-26(29)27(2,30)20-23-13-9-6-10-14-23/h5-14,24,28-29H,3-4,15-21,30H2,1-2H3/t24?,27-/m1/s1. The van der Waals surface area contributed by atoms with Crippen LogP contribution in [0.25, 0.3) is 0 Å². The van der Waals surface area contributed by atoms with Crippen LogP contribution in [0.2, 0.25) is 0 Å². The molecule has 0 aromatic heterocycles. The van der Waals surface area contributed by atoms with E-state index in [9.17, 15) is 0 Å². The Morgan fingerprint density at radius 2 is 1.67 bits per heavy atom. The van der Waals surface area contributed by atoms with Crippen LogP contribution in [0.1, 0.15) is 44.2 Å². The van der Waals surface area contributed by atoms with E-state index < -0.39 is 5.54 Å². The highest BCUT2D eigenvalue weighted by molar-refractivity contribution is 5.95. The first-order valence-electron chi connectivity index (χ1n) is 12.1. The number of rotatable bonds is 11. The number of hydrogen-bond donors (Lipinski definition) is 3. The lowest BCUT2D eigenvalue weighted by Gasteiger charge is -2.31. The Kier molecular flexibility index (Phi) is 9.18. The highest BCUT2D eigenvalue weighted by atomic mass is 16.5. The number of benzene rings is 2. The molecule has 1 heterocycles. The number of nitrogens with one attached hydrogen (secondary N) is 2. The molecule has 1 unspecified atom stereocenters. The summed E-state index contributed by atoms with van der Waals surface area (Å²) in [7, 11) is 0. The van der Waals surface area contributed by atoms with E-state index in [-0.39, 0.29) is 17.8 Å². The third-order valence-corrected chi connectivity index (χ3v) is 6.35. The summed E-state index contributed by atoms with van der Waals surface area (Å²) in [6.45, 7) is 7.85. The molecule has 178 valence electrons. The van der Waals surface area contributed by atoms with Crippen LogP contribution in [0.5, 0.6) is 0 Å². The normalized spacial score (nSPS) is 17.4. The van der Waals surface area contributed by atoms with Gasteiger partial charge in [0.25, 0.3) is 0 Å². The molecule has 6 heteroatoms. The van der Waals surface area contributed by atoms with Crippen molar-refractivity contribution >= 4 is 11.8 Å². The molecule has 2 atom stereocenters. The Bertz CT molecular complexity index is 884. The molecule has 1 aliphatic rings. The molecule has 1 fully saturated rings. The van der Waals surface area contributed by atoms with Gasteiger partial charge in [0.1, 0.15) is 0 Å². The van der Waals surface area contributed by atoms with Gasteiger partial charge in [-0.3, -0.25) is 20.6 Å². The summed E-state index contributed by atoms with van der Waals surface area (Å²) in [5.41, 5.74) is 7.79. The zero-order chi connectivity index (χ0) is 23.7. The number of unbranched alkanes of at least 4 members (excludes halogenated alkanes) is 1. The van der Waals surface area contributed by atoms with Crippen LogP contribution in [0, 0.1) is 10.8 Å². The summed E-state index contributed by atoms with van der Waals surface area (Å²) >= 11 is 0. The van der Waals surface area contributed by atoms with E-state index in [4.69, 9.17) is 21.3 Å². The lowest BCUT2D eigenvalue weighted by Crippen LogP contribution is -2.51. The van der Waals surface area contributed by atoms with Gasteiger partial charge < -0.3 is 10.5 Å². The maximum Gasteiger partial charge on any atom is 0.209 e. The van der Waals surface area contributed by atoms with Crippen molar-refractivity contribution in [1.29, 1.82) is 10.8 Å². The number of nitrogens with two attached hydrogens (primary N) is 1. The van der Waals surface area contributed by atoms with E-state index in [1.165, 1.54) is 18.4 Å². The fourth-order valence-electron chi connectivity index (χ4n) is 4.31. The Morgan fingerprint density at radius 1 is 1.03 bits per heavy atom. The van der Waals surface area contributed by atoms with E-state index >= 15 is 0 Å². The van der Waals surface area contributed by atoms with Crippen molar-refractivity contribution in [1.82, 2.24) is 9.80 Å². The third-order valence-electron chi connectivity index (χ3n) is 6.35. The zero-order valence-electron chi connectivity index (χ0n) is 20.1. The van der Waals surface area contributed by atoms with Crippen molar-refractivity contribution in [3.63, 3.8) is 0 Å². The molecule has 6 nitrogen and oxygen atoms in total. The SMILES string of the molecule is CCCCN1CCN(C(CCc2ccccc2)C(=N)OC(=N)[C@](C)(N)Cc2ccccc2)C1. The first-order valence-corrected chi connectivity index (χ1v) is 12.1. The highest BCUT2D eigenvalue weighted by Crippen LogP contribution is 2.19. The van der Waals surface area contributed by atoms with Crippen LogP contribution in [-0.2, 0) is 17.6 Å². The van der Waals surface area contributed by atoms with E-state index in [1.54, 1.807) is 6.92 Å². The lowest BCUT2D eigenvalue weighted by molar-refractivity contribution is 0.204. The molecule has 2 aromatic rings. The predicted octanol–water partition coefficient (Wildman–Crippen LogP) is 4.29. The number of ether oxygens (including phenoxy) is 1. The fraction of sp³-hybridized carbons (Fsp3) is 0.481.